The van der Waals surface area contributed by atoms with Gasteiger partial charge < -0.3 is 5.11 Å². The minimum Gasteiger partial charge on any atom is -0.504 e. The summed E-state index contributed by atoms with van der Waals surface area (Å²) in [5, 5.41) is 10.1. The van der Waals surface area contributed by atoms with Gasteiger partial charge >= 0.3 is 0 Å². The molecule has 4 atom stereocenters. The Kier molecular flexibility index (Phi) is 2.22. The fourth-order valence-electron chi connectivity index (χ4n) is 4.64. The molecule has 0 unspecified atom stereocenters. The van der Waals surface area contributed by atoms with Crippen LogP contribution in [0.3, 0.4) is 0 Å². The van der Waals surface area contributed by atoms with Crippen LogP contribution in [0.25, 0.3) is 0 Å². The lowest BCUT2D eigenvalue weighted by molar-refractivity contribution is -0.161. The lowest BCUT2D eigenvalue weighted by Crippen LogP contribution is -2.59. The lowest BCUT2D eigenvalue weighted by atomic mass is 9.51. The number of allylic oxidation sites excluding steroid dienone is 2. The van der Waals surface area contributed by atoms with E-state index in [-0.39, 0.29) is 23.2 Å². The van der Waals surface area contributed by atoms with Crippen LogP contribution in [-0.4, -0.2) is 22.5 Å². The summed E-state index contributed by atoms with van der Waals surface area (Å²) in [6.07, 6.45) is 1.34. The smallest absolute Gasteiger partial charge is 0.211 e. The Labute approximate surface area is 111 Å². The molecule has 0 aromatic heterocycles. The molecule has 4 heteroatoms. The Bertz CT molecular complexity index is 558. The average Bonchev–Trinajstić information content (AvgIpc) is 2.59. The Morgan fingerprint density at radius 2 is 1.89 bits per heavy atom. The number of hydrogen-bond donors (Lipinski definition) is 1. The summed E-state index contributed by atoms with van der Waals surface area (Å²) < 4.78 is 0. The summed E-state index contributed by atoms with van der Waals surface area (Å²) in [5.74, 6) is -1.60. The van der Waals surface area contributed by atoms with Gasteiger partial charge in [-0.1, -0.05) is 13.8 Å². The summed E-state index contributed by atoms with van der Waals surface area (Å²) in [7, 11) is 0. The molecule has 0 amide bonds. The van der Waals surface area contributed by atoms with Crippen LogP contribution in [0.4, 0.5) is 0 Å². The predicted molar refractivity (Wildman–Crippen MR) is 67.4 cm³/mol. The van der Waals surface area contributed by atoms with E-state index >= 15 is 0 Å². The van der Waals surface area contributed by atoms with Crippen LogP contribution in [0.15, 0.2) is 11.3 Å². The van der Waals surface area contributed by atoms with Gasteiger partial charge in [0.25, 0.3) is 0 Å². The second-order valence-corrected chi connectivity index (χ2v) is 6.48. The normalized spacial score (nSPS) is 45.7. The molecule has 0 radical (unpaired) electrons. The first-order valence-corrected chi connectivity index (χ1v) is 6.80. The number of hydrogen-bond acceptors (Lipinski definition) is 4. The van der Waals surface area contributed by atoms with Gasteiger partial charge in [0.2, 0.25) is 5.78 Å². The molecule has 3 aliphatic rings. The Hall–Kier alpha value is -1.45. The van der Waals surface area contributed by atoms with Gasteiger partial charge in [0.05, 0.1) is 0 Å². The molecule has 19 heavy (non-hydrogen) atoms. The molecule has 0 aliphatic heterocycles. The number of Topliss-reactive ketones (excluding diaryl/α,β-unsaturated/α-hetero) is 3. The third-order valence-electron chi connectivity index (χ3n) is 5.82. The Morgan fingerprint density at radius 3 is 2.53 bits per heavy atom. The van der Waals surface area contributed by atoms with Crippen molar-refractivity contribution in [3.8, 4) is 0 Å². The number of aliphatic hydroxyl groups is 1. The number of aliphatic hydroxyl groups excluding tert-OH is 1. The molecule has 1 N–H and O–H groups in total. The number of ketones is 3. The molecule has 4 nitrogen and oxygen atoms in total. The van der Waals surface area contributed by atoms with Crippen molar-refractivity contribution in [2.75, 3.05) is 0 Å². The van der Waals surface area contributed by atoms with Crippen molar-refractivity contribution in [2.45, 2.75) is 40.0 Å². The van der Waals surface area contributed by atoms with Crippen molar-refractivity contribution in [3.63, 3.8) is 0 Å². The molecular weight excluding hydrogens is 244 g/mol. The van der Waals surface area contributed by atoms with Crippen LogP contribution in [0.2, 0.25) is 0 Å². The van der Waals surface area contributed by atoms with E-state index in [1.165, 1.54) is 0 Å². The molecule has 0 saturated heterocycles. The fourth-order valence-corrected chi connectivity index (χ4v) is 4.64. The SMILES string of the molecule is CC1=C(O)C(=O)[C@]23C(=O)[C@H]1C[C@@]2(C)C(=O)CC[C@H]3C. The van der Waals surface area contributed by atoms with Crippen molar-refractivity contribution < 1.29 is 19.5 Å². The molecule has 2 saturated carbocycles. The lowest BCUT2D eigenvalue weighted by Gasteiger charge is -2.47. The van der Waals surface area contributed by atoms with Gasteiger partial charge in [-0.15, -0.1) is 0 Å². The zero-order valence-electron chi connectivity index (χ0n) is 11.4. The van der Waals surface area contributed by atoms with Crippen molar-refractivity contribution in [1.82, 2.24) is 0 Å². The van der Waals surface area contributed by atoms with Gasteiger partial charge in [0.15, 0.2) is 11.5 Å². The van der Waals surface area contributed by atoms with Gasteiger partial charge in [-0.05, 0) is 31.3 Å². The van der Waals surface area contributed by atoms with Crippen LogP contribution >= 0.6 is 0 Å². The number of carbonyl (C=O) groups is 3. The zero-order chi connectivity index (χ0) is 14.2. The molecular formula is C15H18O4. The van der Waals surface area contributed by atoms with Crippen LogP contribution in [0.5, 0.6) is 0 Å². The van der Waals surface area contributed by atoms with Crippen molar-refractivity contribution in [3.05, 3.63) is 11.3 Å². The summed E-state index contributed by atoms with van der Waals surface area (Å²) in [6.45, 7) is 5.22. The van der Waals surface area contributed by atoms with E-state index in [0.717, 1.165) is 0 Å². The molecule has 3 aliphatic carbocycles. The van der Waals surface area contributed by atoms with Crippen LogP contribution in [0, 0.1) is 22.7 Å². The summed E-state index contributed by atoms with van der Waals surface area (Å²) in [5.41, 5.74) is -1.80. The minimum absolute atomic E-state index is 0.00250. The van der Waals surface area contributed by atoms with Gasteiger partial charge in [-0.2, -0.15) is 0 Å². The predicted octanol–water partition coefficient (Wildman–Crippen LogP) is 1.98. The average molecular weight is 262 g/mol. The summed E-state index contributed by atoms with van der Waals surface area (Å²) in [4.78, 5) is 37.8. The molecule has 0 heterocycles. The Morgan fingerprint density at radius 1 is 1.26 bits per heavy atom. The standard InChI is InChI=1S/C15H18O4/c1-7-4-5-10(16)14(3)6-9-8(2)11(17)13(19)15(7,14)12(9)18/h7,9,17H,4-6H2,1-3H3/t7-,9+,14+,15+/m1/s1. The maximum atomic E-state index is 12.8. The van der Waals surface area contributed by atoms with E-state index in [4.69, 9.17) is 0 Å². The second-order valence-electron chi connectivity index (χ2n) is 6.48. The molecule has 3 rings (SSSR count). The zero-order valence-corrected chi connectivity index (χ0v) is 11.4. The van der Waals surface area contributed by atoms with E-state index in [1.54, 1.807) is 13.8 Å². The first-order chi connectivity index (χ1) is 8.78. The highest BCUT2D eigenvalue weighted by Crippen LogP contribution is 2.65. The van der Waals surface area contributed by atoms with E-state index in [9.17, 15) is 19.5 Å². The van der Waals surface area contributed by atoms with E-state index < -0.39 is 22.5 Å². The topological polar surface area (TPSA) is 71.4 Å². The quantitative estimate of drug-likeness (QED) is 0.678. The molecule has 2 bridgehead atoms. The highest BCUT2D eigenvalue weighted by atomic mass is 16.3. The van der Waals surface area contributed by atoms with Gasteiger partial charge in [-0.3, -0.25) is 14.4 Å². The number of carbonyl (C=O) groups excluding carboxylic acids is 3. The number of rotatable bonds is 0. The third kappa shape index (κ3) is 1.06. The summed E-state index contributed by atoms with van der Waals surface area (Å²) in [6, 6.07) is 0. The first-order valence-electron chi connectivity index (χ1n) is 6.80. The molecule has 1 spiro atoms. The summed E-state index contributed by atoms with van der Waals surface area (Å²) >= 11 is 0. The largest absolute Gasteiger partial charge is 0.504 e. The highest BCUT2D eigenvalue weighted by Gasteiger charge is 2.74. The van der Waals surface area contributed by atoms with Crippen molar-refractivity contribution >= 4 is 17.3 Å². The highest BCUT2D eigenvalue weighted by molar-refractivity contribution is 6.23. The van der Waals surface area contributed by atoms with Crippen LogP contribution < -0.4 is 0 Å². The van der Waals surface area contributed by atoms with Crippen molar-refractivity contribution in [2.24, 2.45) is 22.7 Å². The van der Waals surface area contributed by atoms with E-state index in [2.05, 4.69) is 0 Å². The van der Waals surface area contributed by atoms with Gasteiger partial charge in [0, 0.05) is 17.8 Å². The minimum atomic E-state index is -1.31. The monoisotopic (exact) mass is 262 g/mol. The van der Waals surface area contributed by atoms with E-state index in [0.29, 0.717) is 24.8 Å². The van der Waals surface area contributed by atoms with Gasteiger partial charge in [-0.25, -0.2) is 0 Å². The molecule has 102 valence electrons. The van der Waals surface area contributed by atoms with Crippen LogP contribution in [-0.2, 0) is 14.4 Å². The maximum absolute atomic E-state index is 12.8. The Balaban J connectivity index is 2.33. The first kappa shape index (κ1) is 12.6. The third-order valence-corrected chi connectivity index (χ3v) is 5.82. The van der Waals surface area contributed by atoms with E-state index in [1.807, 2.05) is 6.92 Å². The maximum Gasteiger partial charge on any atom is 0.211 e. The van der Waals surface area contributed by atoms with Crippen LogP contribution in [0.1, 0.15) is 40.0 Å². The molecule has 0 aromatic rings. The fraction of sp³-hybridized carbons (Fsp3) is 0.667. The molecule has 0 aromatic carbocycles. The second kappa shape index (κ2) is 3.35. The van der Waals surface area contributed by atoms with Gasteiger partial charge in [0.1, 0.15) is 11.2 Å². The molecule has 2 fully saturated rings. The number of fused-ring (bicyclic) bond motifs is 1. The van der Waals surface area contributed by atoms with Crippen molar-refractivity contribution in [1.29, 1.82) is 0 Å².